The van der Waals surface area contributed by atoms with Gasteiger partial charge in [-0.05, 0) is 37.6 Å². The van der Waals surface area contributed by atoms with Gasteiger partial charge in [0.1, 0.15) is 17.5 Å². The Morgan fingerprint density at radius 1 is 1.21 bits per heavy atom. The molecule has 3 aromatic rings. The normalized spacial score (nSPS) is 11.3. The van der Waals surface area contributed by atoms with Crippen molar-refractivity contribution in [2.75, 3.05) is 6.61 Å². The topological polar surface area (TPSA) is 61.2 Å². The van der Waals surface area contributed by atoms with Crippen LogP contribution in [0.4, 0.5) is 8.78 Å². The van der Waals surface area contributed by atoms with Gasteiger partial charge in [0.15, 0.2) is 0 Å². The minimum Gasteiger partial charge on any atom is -0.463 e. The molecule has 0 spiro atoms. The minimum absolute atomic E-state index is 0.0329. The van der Waals surface area contributed by atoms with Gasteiger partial charge in [0.05, 0.1) is 23.2 Å². The fraction of sp³-hybridized carbons (Fsp3) is 0.227. The number of carbonyl (C=O) groups is 1. The zero-order chi connectivity index (χ0) is 21.1. The van der Waals surface area contributed by atoms with Gasteiger partial charge in [-0.1, -0.05) is 19.1 Å². The highest BCUT2D eigenvalue weighted by molar-refractivity contribution is 5.88. The van der Waals surface area contributed by atoms with Crippen LogP contribution in [-0.4, -0.2) is 22.1 Å². The van der Waals surface area contributed by atoms with Gasteiger partial charge in [0.25, 0.3) is 5.56 Å². The summed E-state index contributed by atoms with van der Waals surface area (Å²) < 4.78 is 35.0. The molecule has 1 aromatic heterocycles. The van der Waals surface area contributed by atoms with E-state index < -0.39 is 23.2 Å². The summed E-state index contributed by atoms with van der Waals surface area (Å²) in [7, 11) is 0. The molecule has 0 saturated carbocycles. The van der Waals surface area contributed by atoms with Crippen LogP contribution in [0.3, 0.4) is 0 Å². The number of rotatable bonds is 5. The average Bonchev–Trinajstić information content (AvgIpc) is 2.68. The zero-order valence-corrected chi connectivity index (χ0v) is 16.3. The summed E-state index contributed by atoms with van der Waals surface area (Å²) >= 11 is 0. The molecule has 0 aliphatic rings. The first-order valence-corrected chi connectivity index (χ1v) is 9.22. The van der Waals surface area contributed by atoms with E-state index >= 15 is 0 Å². The summed E-state index contributed by atoms with van der Waals surface area (Å²) in [5, 5.41) is 0.120. The van der Waals surface area contributed by atoms with E-state index in [0.717, 1.165) is 12.1 Å². The van der Waals surface area contributed by atoms with E-state index in [0.29, 0.717) is 17.8 Å². The Morgan fingerprint density at radius 2 is 1.97 bits per heavy atom. The average molecular weight is 398 g/mol. The Hall–Kier alpha value is -3.35. The molecule has 0 aliphatic heterocycles. The molecule has 5 nitrogen and oxygen atoms in total. The first-order valence-electron chi connectivity index (χ1n) is 9.22. The van der Waals surface area contributed by atoms with Gasteiger partial charge in [-0.3, -0.25) is 9.36 Å². The van der Waals surface area contributed by atoms with Gasteiger partial charge in [-0.25, -0.2) is 18.6 Å². The van der Waals surface area contributed by atoms with Gasteiger partial charge in [-0.15, -0.1) is 0 Å². The molecule has 0 bridgehead atoms. The van der Waals surface area contributed by atoms with Crippen LogP contribution in [-0.2, 0) is 16.0 Å². The molecule has 29 heavy (non-hydrogen) atoms. The van der Waals surface area contributed by atoms with Gasteiger partial charge in [-0.2, -0.15) is 0 Å². The van der Waals surface area contributed by atoms with E-state index in [9.17, 15) is 18.4 Å². The highest BCUT2D eigenvalue weighted by Gasteiger charge is 2.18. The third-order valence-electron chi connectivity index (χ3n) is 4.47. The highest BCUT2D eigenvalue weighted by Crippen LogP contribution is 2.22. The lowest BCUT2D eigenvalue weighted by Gasteiger charge is -2.15. The number of nitrogens with zero attached hydrogens (tertiary/aromatic N) is 2. The number of aryl methyl sites for hydroxylation is 2. The monoisotopic (exact) mass is 398 g/mol. The van der Waals surface area contributed by atoms with E-state index in [1.165, 1.54) is 22.8 Å². The van der Waals surface area contributed by atoms with Crippen molar-refractivity contribution in [3.63, 3.8) is 0 Å². The SMILES string of the molecule is CCOC(=O)C=Cc1cc2c(=O)n(-c3c(C)cccc3F)c(CC)nc2cc1F. The molecule has 0 N–H and O–H groups in total. The van der Waals surface area contributed by atoms with Crippen LogP contribution < -0.4 is 5.56 Å². The number of ether oxygens (including phenoxy) is 1. The predicted octanol–water partition coefficient (Wildman–Crippen LogP) is 4.11. The number of carbonyl (C=O) groups excluding carboxylic acids is 1. The van der Waals surface area contributed by atoms with E-state index in [-0.39, 0.29) is 28.8 Å². The van der Waals surface area contributed by atoms with Crippen molar-refractivity contribution in [1.29, 1.82) is 0 Å². The summed E-state index contributed by atoms with van der Waals surface area (Å²) in [6, 6.07) is 6.98. The van der Waals surface area contributed by atoms with Crippen molar-refractivity contribution >= 4 is 22.9 Å². The van der Waals surface area contributed by atoms with Crippen LogP contribution in [0.15, 0.2) is 41.2 Å². The predicted molar refractivity (Wildman–Crippen MR) is 107 cm³/mol. The molecule has 0 saturated heterocycles. The minimum atomic E-state index is -0.633. The molecule has 7 heteroatoms. The van der Waals surface area contributed by atoms with E-state index in [1.54, 1.807) is 32.9 Å². The first kappa shape index (κ1) is 20.4. The Bertz CT molecular complexity index is 1160. The molecule has 0 unspecified atom stereocenters. The highest BCUT2D eigenvalue weighted by atomic mass is 19.1. The van der Waals surface area contributed by atoms with Gasteiger partial charge in [0, 0.05) is 24.1 Å². The van der Waals surface area contributed by atoms with E-state index in [4.69, 9.17) is 4.74 Å². The molecular formula is C22H20F2N2O3. The fourth-order valence-corrected chi connectivity index (χ4v) is 3.12. The zero-order valence-electron chi connectivity index (χ0n) is 16.3. The van der Waals surface area contributed by atoms with Crippen LogP contribution in [0.5, 0.6) is 0 Å². The number of hydrogen-bond donors (Lipinski definition) is 0. The maximum absolute atomic E-state index is 14.5. The van der Waals surface area contributed by atoms with E-state index in [2.05, 4.69) is 4.98 Å². The standard InChI is InChI=1S/C22H20F2N2O3/c1-4-19-25-18-12-17(24)14(9-10-20(27)29-5-2)11-15(18)22(28)26(19)21-13(3)7-6-8-16(21)23/h6-12H,4-5H2,1-3H3. The maximum atomic E-state index is 14.5. The number of hydrogen-bond acceptors (Lipinski definition) is 4. The van der Waals surface area contributed by atoms with Crippen molar-refractivity contribution in [2.24, 2.45) is 0 Å². The first-order chi connectivity index (χ1) is 13.9. The lowest BCUT2D eigenvalue weighted by atomic mass is 10.1. The summed E-state index contributed by atoms with van der Waals surface area (Å²) in [6.07, 6.45) is 2.67. The van der Waals surface area contributed by atoms with Gasteiger partial charge in [0.2, 0.25) is 0 Å². The van der Waals surface area contributed by atoms with Crippen molar-refractivity contribution in [1.82, 2.24) is 9.55 Å². The second-order valence-corrected chi connectivity index (χ2v) is 6.40. The number of aromatic nitrogens is 2. The Morgan fingerprint density at radius 3 is 2.62 bits per heavy atom. The summed E-state index contributed by atoms with van der Waals surface area (Å²) in [5.74, 6) is -1.48. The Balaban J connectivity index is 2.27. The fourth-order valence-electron chi connectivity index (χ4n) is 3.12. The molecular weight excluding hydrogens is 378 g/mol. The number of esters is 1. The van der Waals surface area contributed by atoms with Crippen LogP contribution in [0.1, 0.15) is 30.8 Å². The van der Waals surface area contributed by atoms with Crippen LogP contribution in [0.25, 0.3) is 22.7 Å². The van der Waals surface area contributed by atoms with Crippen LogP contribution in [0, 0.1) is 18.6 Å². The quantitative estimate of drug-likeness (QED) is 0.479. The summed E-state index contributed by atoms with van der Waals surface area (Å²) in [5.41, 5.74) is 0.392. The molecule has 0 radical (unpaired) electrons. The third-order valence-corrected chi connectivity index (χ3v) is 4.47. The van der Waals surface area contributed by atoms with Crippen molar-refractivity contribution in [2.45, 2.75) is 27.2 Å². The van der Waals surface area contributed by atoms with Gasteiger partial charge < -0.3 is 4.74 Å². The molecule has 3 rings (SSSR count). The lowest BCUT2D eigenvalue weighted by Crippen LogP contribution is -2.25. The summed E-state index contributed by atoms with van der Waals surface area (Å²) in [4.78, 5) is 29.1. The van der Waals surface area contributed by atoms with Crippen molar-refractivity contribution in [3.05, 3.63) is 75.3 Å². The maximum Gasteiger partial charge on any atom is 0.330 e. The molecule has 0 amide bonds. The Labute approximate surface area is 166 Å². The van der Waals surface area contributed by atoms with Gasteiger partial charge >= 0.3 is 5.97 Å². The molecule has 0 aliphatic carbocycles. The molecule has 150 valence electrons. The lowest BCUT2D eigenvalue weighted by molar-refractivity contribution is -0.137. The summed E-state index contributed by atoms with van der Waals surface area (Å²) in [6.45, 7) is 5.34. The Kier molecular flexibility index (Phi) is 5.87. The number of fused-ring (bicyclic) bond motifs is 1. The van der Waals surface area contributed by atoms with E-state index in [1.807, 2.05) is 0 Å². The molecule has 0 atom stereocenters. The third kappa shape index (κ3) is 3.94. The number of halogens is 2. The molecule has 0 fully saturated rings. The smallest absolute Gasteiger partial charge is 0.330 e. The number of para-hydroxylation sites is 1. The van der Waals surface area contributed by atoms with Crippen LogP contribution >= 0.6 is 0 Å². The van der Waals surface area contributed by atoms with Crippen molar-refractivity contribution < 1.29 is 18.3 Å². The number of benzene rings is 2. The van der Waals surface area contributed by atoms with Crippen molar-refractivity contribution in [3.8, 4) is 5.69 Å². The second-order valence-electron chi connectivity index (χ2n) is 6.40. The van der Waals surface area contributed by atoms with Crippen LogP contribution in [0.2, 0.25) is 0 Å². The molecule has 1 heterocycles. The largest absolute Gasteiger partial charge is 0.463 e. The second kappa shape index (κ2) is 8.34. The molecule has 2 aromatic carbocycles.